The highest BCUT2D eigenvalue weighted by molar-refractivity contribution is 5.15. The molecule has 1 aromatic rings. The van der Waals surface area contributed by atoms with Crippen LogP contribution in [0.2, 0.25) is 0 Å². The molecule has 21 heavy (non-hydrogen) atoms. The molecule has 0 saturated carbocycles. The zero-order valence-electron chi connectivity index (χ0n) is 14.8. The molecule has 0 aromatic carbocycles. The Balaban J connectivity index is 3.22. The van der Waals surface area contributed by atoms with Crippen LogP contribution in [0, 0.1) is 0 Å². The monoisotopic (exact) mass is 294 g/mol. The lowest BCUT2D eigenvalue weighted by Gasteiger charge is -2.45. The zero-order valence-corrected chi connectivity index (χ0v) is 14.8. The van der Waals surface area contributed by atoms with E-state index in [1.807, 2.05) is 6.20 Å². The minimum Gasteiger partial charge on any atom is -0.307 e. The SMILES string of the molecule is CCCNC(c1ccnn1CCC)C(CC)(CC)N(C)C. The number of rotatable bonds is 10. The molecule has 0 fully saturated rings. The van der Waals surface area contributed by atoms with Crippen molar-refractivity contribution in [3.63, 3.8) is 0 Å². The van der Waals surface area contributed by atoms with E-state index in [1.54, 1.807) is 0 Å². The predicted octanol–water partition coefficient (Wildman–Crippen LogP) is 3.45. The quantitative estimate of drug-likeness (QED) is 0.717. The maximum Gasteiger partial charge on any atom is 0.0678 e. The van der Waals surface area contributed by atoms with Gasteiger partial charge in [0, 0.05) is 18.3 Å². The van der Waals surface area contributed by atoms with Crippen molar-refractivity contribution in [1.82, 2.24) is 20.0 Å². The summed E-state index contributed by atoms with van der Waals surface area (Å²) >= 11 is 0. The van der Waals surface area contributed by atoms with Crippen molar-refractivity contribution in [2.24, 2.45) is 0 Å². The fourth-order valence-corrected chi connectivity index (χ4v) is 3.39. The van der Waals surface area contributed by atoms with Gasteiger partial charge in [-0.1, -0.05) is 27.7 Å². The van der Waals surface area contributed by atoms with Crippen LogP contribution in [0.25, 0.3) is 0 Å². The smallest absolute Gasteiger partial charge is 0.0678 e. The normalized spacial score (nSPS) is 13.9. The molecule has 0 saturated heterocycles. The Morgan fingerprint density at radius 3 is 2.33 bits per heavy atom. The van der Waals surface area contributed by atoms with Crippen LogP contribution in [-0.2, 0) is 6.54 Å². The minimum absolute atomic E-state index is 0.126. The molecular formula is C17H34N4. The molecule has 0 aliphatic rings. The van der Waals surface area contributed by atoms with Crippen LogP contribution in [-0.4, -0.2) is 40.9 Å². The van der Waals surface area contributed by atoms with E-state index in [4.69, 9.17) is 0 Å². The zero-order chi connectivity index (χ0) is 15.9. The highest BCUT2D eigenvalue weighted by atomic mass is 15.3. The van der Waals surface area contributed by atoms with Gasteiger partial charge in [-0.25, -0.2) is 0 Å². The molecule has 1 unspecified atom stereocenters. The van der Waals surface area contributed by atoms with Crippen molar-refractivity contribution in [1.29, 1.82) is 0 Å². The van der Waals surface area contributed by atoms with E-state index in [2.05, 4.69) is 67.9 Å². The van der Waals surface area contributed by atoms with Crippen molar-refractivity contribution in [2.75, 3.05) is 20.6 Å². The van der Waals surface area contributed by atoms with Gasteiger partial charge in [0.2, 0.25) is 0 Å². The highest BCUT2D eigenvalue weighted by Gasteiger charge is 2.39. The van der Waals surface area contributed by atoms with Crippen molar-refractivity contribution < 1.29 is 0 Å². The van der Waals surface area contributed by atoms with Crippen molar-refractivity contribution >= 4 is 0 Å². The van der Waals surface area contributed by atoms with Crippen LogP contribution in [0.5, 0.6) is 0 Å². The van der Waals surface area contributed by atoms with Gasteiger partial charge >= 0.3 is 0 Å². The summed E-state index contributed by atoms with van der Waals surface area (Å²) in [6.07, 6.45) is 6.44. The predicted molar refractivity (Wildman–Crippen MR) is 90.6 cm³/mol. The third kappa shape index (κ3) is 3.86. The highest BCUT2D eigenvalue weighted by Crippen LogP contribution is 2.36. The second-order valence-electron chi connectivity index (χ2n) is 6.07. The topological polar surface area (TPSA) is 33.1 Å². The molecule has 0 aliphatic carbocycles. The number of likely N-dealkylation sites (N-methyl/N-ethyl adjacent to an activating group) is 1. The fraction of sp³-hybridized carbons (Fsp3) is 0.824. The second kappa shape index (κ2) is 8.54. The average molecular weight is 294 g/mol. The minimum atomic E-state index is 0.126. The lowest BCUT2D eigenvalue weighted by atomic mass is 9.81. The molecule has 0 aliphatic heterocycles. The van der Waals surface area contributed by atoms with E-state index in [0.29, 0.717) is 6.04 Å². The van der Waals surface area contributed by atoms with E-state index in [-0.39, 0.29) is 5.54 Å². The van der Waals surface area contributed by atoms with Gasteiger partial charge in [0.15, 0.2) is 0 Å². The summed E-state index contributed by atoms with van der Waals surface area (Å²) in [6, 6.07) is 2.50. The Morgan fingerprint density at radius 2 is 1.86 bits per heavy atom. The Hall–Kier alpha value is -0.870. The van der Waals surface area contributed by atoms with Crippen LogP contribution in [0.15, 0.2) is 12.3 Å². The number of aromatic nitrogens is 2. The molecule has 0 bridgehead atoms. The molecule has 0 spiro atoms. The van der Waals surface area contributed by atoms with Gasteiger partial charge in [0.1, 0.15) is 0 Å². The van der Waals surface area contributed by atoms with Gasteiger partial charge in [-0.2, -0.15) is 5.10 Å². The summed E-state index contributed by atoms with van der Waals surface area (Å²) in [5.74, 6) is 0. The second-order valence-corrected chi connectivity index (χ2v) is 6.07. The van der Waals surface area contributed by atoms with Gasteiger partial charge in [0.05, 0.1) is 11.7 Å². The van der Waals surface area contributed by atoms with Gasteiger partial charge < -0.3 is 10.2 Å². The van der Waals surface area contributed by atoms with E-state index < -0.39 is 0 Å². The first-order chi connectivity index (χ1) is 10.1. The Labute approximate surface area is 130 Å². The molecule has 1 heterocycles. The summed E-state index contributed by atoms with van der Waals surface area (Å²) in [5.41, 5.74) is 1.45. The lowest BCUT2D eigenvalue weighted by molar-refractivity contribution is 0.0839. The summed E-state index contributed by atoms with van der Waals surface area (Å²) in [4.78, 5) is 2.39. The van der Waals surface area contributed by atoms with Gasteiger partial charge in [-0.3, -0.25) is 4.68 Å². The Bertz CT molecular complexity index is 393. The molecule has 4 nitrogen and oxygen atoms in total. The van der Waals surface area contributed by atoms with E-state index >= 15 is 0 Å². The largest absolute Gasteiger partial charge is 0.307 e. The first kappa shape index (κ1) is 18.2. The van der Waals surface area contributed by atoms with Gasteiger partial charge in [-0.15, -0.1) is 0 Å². The summed E-state index contributed by atoms with van der Waals surface area (Å²) in [7, 11) is 4.41. The maximum atomic E-state index is 4.53. The summed E-state index contributed by atoms with van der Waals surface area (Å²) in [6.45, 7) is 11.1. The molecular weight excluding hydrogens is 260 g/mol. The van der Waals surface area contributed by atoms with Crippen LogP contribution < -0.4 is 5.32 Å². The van der Waals surface area contributed by atoms with Crippen LogP contribution >= 0.6 is 0 Å². The van der Waals surface area contributed by atoms with Crippen molar-refractivity contribution in [3.05, 3.63) is 18.0 Å². The van der Waals surface area contributed by atoms with E-state index in [0.717, 1.165) is 38.8 Å². The summed E-state index contributed by atoms with van der Waals surface area (Å²) < 4.78 is 2.18. The molecule has 1 rings (SSSR count). The van der Waals surface area contributed by atoms with Gasteiger partial charge in [0.25, 0.3) is 0 Å². The molecule has 0 amide bonds. The standard InChI is InChI=1S/C17H34N4/c1-7-12-18-16(17(9-3,10-4)20(5)6)15-11-13-19-21(15)14-8-2/h11,13,16,18H,7-10,12,14H2,1-6H3. The molecule has 1 aromatic heterocycles. The summed E-state index contributed by atoms with van der Waals surface area (Å²) in [5, 5.41) is 8.33. The van der Waals surface area contributed by atoms with E-state index in [9.17, 15) is 0 Å². The molecule has 122 valence electrons. The first-order valence-corrected chi connectivity index (χ1v) is 8.49. The number of aryl methyl sites for hydroxylation is 1. The number of nitrogens with one attached hydrogen (secondary N) is 1. The average Bonchev–Trinajstić information content (AvgIpc) is 2.92. The molecule has 0 radical (unpaired) electrons. The molecule has 1 atom stereocenters. The number of nitrogens with zero attached hydrogens (tertiary/aromatic N) is 3. The molecule has 4 heteroatoms. The Morgan fingerprint density at radius 1 is 1.19 bits per heavy atom. The van der Waals surface area contributed by atoms with Gasteiger partial charge in [-0.05, 0) is 52.4 Å². The lowest BCUT2D eigenvalue weighted by Crippen LogP contribution is -2.53. The van der Waals surface area contributed by atoms with Crippen LogP contribution in [0.4, 0.5) is 0 Å². The van der Waals surface area contributed by atoms with Crippen LogP contribution in [0.1, 0.15) is 65.1 Å². The molecule has 1 N–H and O–H groups in total. The fourth-order valence-electron chi connectivity index (χ4n) is 3.39. The Kier molecular flexibility index (Phi) is 7.40. The number of hydrogen-bond acceptors (Lipinski definition) is 3. The first-order valence-electron chi connectivity index (χ1n) is 8.49. The van der Waals surface area contributed by atoms with Crippen molar-refractivity contribution in [3.8, 4) is 0 Å². The third-order valence-corrected chi connectivity index (χ3v) is 4.73. The third-order valence-electron chi connectivity index (χ3n) is 4.73. The maximum absolute atomic E-state index is 4.53. The van der Waals surface area contributed by atoms with E-state index in [1.165, 1.54) is 5.69 Å². The van der Waals surface area contributed by atoms with Crippen LogP contribution in [0.3, 0.4) is 0 Å². The number of hydrogen-bond donors (Lipinski definition) is 1. The van der Waals surface area contributed by atoms with Crippen molar-refractivity contribution in [2.45, 2.75) is 71.5 Å².